The Hall–Kier alpha value is -2.21. The van der Waals surface area contributed by atoms with E-state index < -0.39 is 11.3 Å². The molecule has 0 aliphatic carbocycles. The number of rotatable bonds is 26. The first kappa shape index (κ1) is 37.8. The molecule has 2 N–H and O–H groups in total. The van der Waals surface area contributed by atoms with E-state index in [1.807, 2.05) is 27.7 Å². The van der Waals surface area contributed by atoms with E-state index in [1.54, 1.807) is 0 Å². The van der Waals surface area contributed by atoms with Crippen LogP contribution in [0.5, 0.6) is 0 Å². The summed E-state index contributed by atoms with van der Waals surface area (Å²) in [6.07, 6.45) is 3.37. The summed E-state index contributed by atoms with van der Waals surface area (Å²) in [6.45, 7) is 12.0. The van der Waals surface area contributed by atoms with Gasteiger partial charge in [-0.2, -0.15) is 0 Å². The van der Waals surface area contributed by atoms with Crippen LogP contribution >= 0.6 is 0 Å². The zero-order valence-electron chi connectivity index (χ0n) is 25.3. The van der Waals surface area contributed by atoms with Crippen LogP contribution in [-0.4, -0.2) is 95.1 Å². The van der Waals surface area contributed by atoms with Crippen molar-refractivity contribution in [3.8, 4) is 0 Å². The van der Waals surface area contributed by atoms with Gasteiger partial charge in [-0.3, -0.25) is 19.2 Å². The normalized spacial score (nSPS) is 12.1. The largest absolute Gasteiger partial charge is 0.379 e. The maximum atomic E-state index is 12.6. The van der Waals surface area contributed by atoms with Gasteiger partial charge in [0.15, 0.2) is 0 Å². The predicted molar refractivity (Wildman–Crippen MR) is 151 cm³/mol. The van der Waals surface area contributed by atoms with Gasteiger partial charge in [0.2, 0.25) is 11.8 Å². The number of unbranched alkanes of at least 4 members (excludes halogenated alkanes) is 1. The first-order valence-corrected chi connectivity index (χ1v) is 14.4. The molecule has 0 saturated heterocycles. The first-order chi connectivity index (χ1) is 19.0. The minimum atomic E-state index is -0.521. The lowest BCUT2D eigenvalue weighted by Crippen LogP contribution is -2.31. The zero-order chi connectivity index (χ0) is 30.2. The van der Waals surface area contributed by atoms with Crippen molar-refractivity contribution >= 4 is 29.2 Å². The average molecular weight is 573 g/mol. The fourth-order valence-electron chi connectivity index (χ4n) is 3.43. The number of ketones is 3. The van der Waals surface area contributed by atoms with Crippen LogP contribution in [0.2, 0.25) is 0 Å². The van der Waals surface area contributed by atoms with Crippen LogP contribution in [0.15, 0.2) is 0 Å². The number of Topliss-reactive ketones (excluding diaryl/α,β-unsaturated/α-hetero) is 3. The molecule has 0 aromatic rings. The van der Waals surface area contributed by atoms with E-state index in [-0.39, 0.29) is 68.2 Å². The molecule has 11 nitrogen and oxygen atoms in total. The molecule has 1 atom stereocenters. The zero-order valence-corrected chi connectivity index (χ0v) is 25.3. The van der Waals surface area contributed by atoms with E-state index in [4.69, 9.17) is 18.9 Å². The number of carbonyl (C=O) groups is 5. The quantitative estimate of drug-likeness (QED) is 0.149. The van der Waals surface area contributed by atoms with Crippen LogP contribution in [0, 0.1) is 11.3 Å². The van der Waals surface area contributed by atoms with Gasteiger partial charge in [0, 0.05) is 50.3 Å². The molecule has 232 valence electrons. The third-order valence-electron chi connectivity index (χ3n) is 5.88. The number of hydrogen-bond donors (Lipinski definition) is 2. The molecule has 0 aliphatic rings. The second kappa shape index (κ2) is 23.5. The Bertz CT molecular complexity index is 750. The van der Waals surface area contributed by atoms with Crippen molar-refractivity contribution in [1.82, 2.24) is 10.6 Å². The number of amides is 2. The highest BCUT2D eigenvalue weighted by Gasteiger charge is 2.28. The smallest absolute Gasteiger partial charge is 0.246 e. The summed E-state index contributed by atoms with van der Waals surface area (Å²) < 4.78 is 21.1. The van der Waals surface area contributed by atoms with Crippen molar-refractivity contribution in [2.75, 3.05) is 65.9 Å². The van der Waals surface area contributed by atoms with Crippen LogP contribution in [0.1, 0.15) is 79.6 Å². The predicted octanol–water partition coefficient (Wildman–Crippen LogP) is 2.43. The molecule has 0 aromatic carbocycles. The van der Waals surface area contributed by atoms with Gasteiger partial charge in [-0.1, -0.05) is 34.1 Å². The van der Waals surface area contributed by atoms with Crippen LogP contribution in [-0.2, 0) is 42.9 Å². The molecular weight excluding hydrogens is 520 g/mol. The van der Waals surface area contributed by atoms with Gasteiger partial charge in [-0.25, -0.2) is 0 Å². The SMILES string of the molecule is CCCOCCOCC(=O)NCCOCCOCC(=O)NCCCC[C@H](CC(=O)C(C)(C)C)C(=O)CCC(C)=O. The van der Waals surface area contributed by atoms with Gasteiger partial charge >= 0.3 is 0 Å². The number of hydrogen-bond acceptors (Lipinski definition) is 9. The molecule has 0 bridgehead atoms. The van der Waals surface area contributed by atoms with Gasteiger partial charge < -0.3 is 34.4 Å². The van der Waals surface area contributed by atoms with Crippen molar-refractivity contribution in [2.24, 2.45) is 11.3 Å². The molecule has 40 heavy (non-hydrogen) atoms. The molecule has 2 amide bonds. The summed E-state index contributed by atoms with van der Waals surface area (Å²) in [7, 11) is 0. The van der Waals surface area contributed by atoms with E-state index in [2.05, 4.69) is 10.6 Å². The molecule has 0 fully saturated rings. The summed E-state index contributed by atoms with van der Waals surface area (Å²) in [5.74, 6) is -0.929. The van der Waals surface area contributed by atoms with Gasteiger partial charge in [-0.05, 0) is 26.2 Å². The molecule has 0 aromatic heterocycles. The third-order valence-corrected chi connectivity index (χ3v) is 5.88. The summed E-state index contributed by atoms with van der Waals surface area (Å²) >= 11 is 0. The minimum absolute atomic E-state index is 0.0234. The van der Waals surface area contributed by atoms with Crippen LogP contribution in [0.25, 0.3) is 0 Å². The summed E-state index contributed by atoms with van der Waals surface area (Å²) in [5, 5.41) is 5.46. The maximum absolute atomic E-state index is 12.6. The highest BCUT2D eigenvalue weighted by atomic mass is 16.5. The van der Waals surface area contributed by atoms with E-state index >= 15 is 0 Å². The summed E-state index contributed by atoms with van der Waals surface area (Å²) in [5.41, 5.74) is -0.521. The summed E-state index contributed by atoms with van der Waals surface area (Å²) in [4.78, 5) is 59.9. The number of carbonyl (C=O) groups excluding carboxylic acids is 5. The second-order valence-electron chi connectivity index (χ2n) is 10.8. The molecule has 0 rings (SSSR count). The van der Waals surface area contributed by atoms with Crippen molar-refractivity contribution in [2.45, 2.75) is 79.6 Å². The Balaban J connectivity index is 3.89. The van der Waals surface area contributed by atoms with E-state index in [1.165, 1.54) is 6.92 Å². The lowest BCUT2D eigenvalue weighted by atomic mass is 9.81. The Morgan fingerprint density at radius 2 is 1.25 bits per heavy atom. The molecule has 0 spiro atoms. The lowest BCUT2D eigenvalue weighted by Gasteiger charge is -2.21. The second-order valence-corrected chi connectivity index (χ2v) is 10.8. The van der Waals surface area contributed by atoms with Crippen LogP contribution in [0.4, 0.5) is 0 Å². The van der Waals surface area contributed by atoms with E-state index in [0.29, 0.717) is 65.4 Å². The Morgan fingerprint density at radius 1 is 0.700 bits per heavy atom. The molecule has 11 heteroatoms. The van der Waals surface area contributed by atoms with E-state index in [9.17, 15) is 24.0 Å². The Labute approximate surface area is 239 Å². The monoisotopic (exact) mass is 572 g/mol. The molecule has 0 unspecified atom stereocenters. The van der Waals surface area contributed by atoms with Gasteiger partial charge in [0.05, 0.1) is 33.0 Å². The van der Waals surface area contributed by atoms with Crippen LogP contribution < -0.4 is 10.6 Å². The van der Waals surface area contributed by atoms with Crippen molar-refractivity contribution in [1.29, 1.82) is 0 Å². The van der Waals surface area contributed by atoms with Gasteiger partial charge in [-0.15, -0.1) is 0 Å². The number of ether oxygens (including phenoxy) is 4. The van der Waals surface area contributed by atoms with E-state index in [0.717, 1.165) is 6.42 Å². The highest BCUT2D eigenvalue weighted by Crippen LogP contribution is 2.24. The maximum Gasteiger partial charge on any atom is 0.246 e. The Kier molecular flexibility index (Phi) is 22.2. The average Bonchev–Trinajstić information content (AvgIpc) is 2.89. The fraction of sp³-hybridized carbons (Fsp3) is 0.828. The van der Waals surface area contributed by atoms with Gasteiger partial charge in [0.1, 0.15) is 30.6 Å². The number of nitrogens with one attached hydrogen (secondary N) is 2. The molecule has 0 aliphatic heterocycles. The topological polar surface area (TPSA) is 146 Å². The first-order valence-electron chi connectivity index (χ1n) is 14.4. The standard InChI is InChI=1S/C29H52N2O9/c1-6-14-37-16-18-39-22-28(36)31-13-15-38-17-19-40-21-27(35)30-12-8-7-9-24(20-26(34)29(3,4)5)25(33)11-10-23(2)32/h24H,6-22H2,1-5H3,(H,30,35)(H,31,36)/t24-/m1/s1. The van der Waals surface area contributed by atoms with Crippen molar-refractivity contribution < 1.29 is 42.9 Å². The fourth-order valence-corrected chi connectivity index (χ4v) is 3.43. The van der Waals surface area contributed by atoms with Crippen molar-refractivity contribution in [3.05, 3.63) is 0 Å². The highest BCUT2D eigenvalue weighted by molar-refractivity contribution is 5.91. The van der Waals surface area contributed by atoms with Crippen LogP contribution in [0.3, 0.4) is 0 Å². The van der Waals surface area contributed by atoms with Gasteiger partial charge in [0.25, 0.3) is 0 Å². The van der Waals surface area contributed by atoms with Crippen molar-refractivity contribution in [3.63, 3.8) is 0 Å². The third kappa shape index (κ3) is 22.6. The molecule has 0 heterocycles. The molecular formula is C29H52N2O9. The summed E-state index contributed by atoms with van der Waals surface area (Å²) in [6, 6.07) is 0. The molecule has 0 saturated carbocycles. The lowest BCUT2D eigenvalue weighted by molar-refractivity contribution is -0.132. The minimum Gasteiger partial charge on any atom is -0.379 e. The molecule has 0 radical (unpaired) electrons. The Morgan fingerprint density at radius 3 is 1.80 bits per heavy atom.